The molecule has 0 bridgehead atoms. The summed E-state index contributed by atoms with van der Waals surface area (Å²) in [6.45, 7) is 3.09. The molecule has 0 saturated heterocycles. The van der Waals surface area contributed by atoms with E-state index in [1.165, 1.54) is 12.0 Å². The molecule has 120 valence electrons. The van der Waals surface area contributed by atoms with E-state index in [0.717, 1.165) is 23.9 Å². The van der Waals surface area contributed by atoms with Gasteiger partial charge in [-0.3, -0.25) is 4.79 Å². The first-order valence-electron chi connectivity index (χ1n) is 7.93. The number of hydrogen-bond donors (Lipinski definition) is 2. The van der Waals surface area contributed by atoms with Crippen LogP contribution in [0.4, 0.5) is 5.69 Å². The van der Waals surface area contributed by atoms with Gasteiger partial charge in [0.1, 0.15) is 5.75 Å². The zero-order chi connectivity index (χ0) is 16.2. The lowest BCUT2D eigenvalue weighted by molar-refractivity contribution is 0.102. The lowest BCUT2D eigenvalue weighted by atomic mass is 10.1. The molecule has 0 aliphatic heterocycles. The van der Waals surface area contributed by atoms with E-state index in [1.54, 1.807) is 31.4 Å². The third kappa shape index (κ3) is 4.11. The number of rotatable bonds is 6. The van der Waals surface area contributed by atoms with Crippen LogP contribution in [0.1, 0.15) is 29.3 Å². The number of amides is 1. The number of methoxy groups -OCH3 is 1. The smallest absolute Gasteiger partial charge is 0.255 e. The Balaban J connectivity index is 1.60. The van der Waals surface area contributed by atoms with Crippen LogP contribution in [0.15, 0.2) is 48.5 Å². The fourth-order valence-electron chi connectivity index (χ4n) is 2.56. The summed E-state index contributed by atoms with van der Waals surface area (Å²) < 4.78 is 5.10. The molecule has 3 rings (SSSR count). The van der Waals surface area contributed by atoms with Crippen molar-refractivity contribution in [2.45, 2.75) is 25.9 Å². The van der Waals surface area contributed by atoms with Gasteiger partial charge in [0, 0.05) is 23.8 Å². The standard InChI is InChI=1S/C19H22N2O2/c1-13-10-18(13)20-12-14-4-3-5-16(11-14)21-19(22)15-6-8-17(23-2)9-7-15/h3-9,11,13,18,20H,10,12H2,1-2H3,(H,21,22). The molecule has 1 aliphatic rings. The summed E-state index contributed by atoms with van der Waals surface area (Å²) >= 11 is 0. The average Bonchev–Trinajstić information content (AvgIpc) is 3.29. The van der Waals surface area contributed by atoms with Gasteiger partial charge in [0.25, 0.3) is 5.91 Å². The molecule has 0 spiro atoms. The van der Waals surface area contributed by atoms with Crippen molar-refractivity contribution in [1.82, 2.24) is 5.32 Å². The summed E-state index contributed by atoms with van der Waals surface area (Å²) in [6.07, 6.45) is 1.26. The highest BCUT2D eigenvalue weighted by Crippen LogP contribution is 2.29. The third-order valence-corrected chi connectivity index (χ3v) is 4.21. The SMILES string of the molecule is COc1ccc(C(=O)Nc2cccc(CNC3CC3C)c2)cc1. The van der Waals surface area contributed by atoms with E-state index in [9.17, 15) is 4.79 Å². The van der Waals surface area contributed by atoms with Gasteiger partial charge in [-0.05, 0) is 54.3 Å². The van der Waals surface area contributed by atoms with Crippen LogP contribution >= 0.6 is 0 Å². The molecule has 1 aliphatic carbocycles. The molecule has 0 radical (unpaired) electrons. The number of ether oxygens (including phenoxy) is 1. The molecule has 1 saturated carbocycles. The Morgan fingerprint density at radius 2 is 1.96 bits per heavy atom. The molecule has 4 nitrogen and oxygen atoms in total. The maximum Gasteiger partial charge on any atom is 0.255 e. The van der Waals surface area contributed by atoms with Crippen LogP contribution in [0.25, 0.3) is 0 Å². The Hall–Kier alpha value is -2.33. The van der Waals surface area contributed by atoms with E-state index >= 15 is 0 Å². The molecule has 2 aromatic carbocycles. The summed E-state index contributed by atoms with van der Waals surface area (Å²) in [6, 6.07) is 15.7. The van der Waals surface area contributed by atoms with Crippen LogP contribution in [-0.4, -0.2) is 19.1 Å². The summed E-state index contributed by atoms with van der Waals surface area (Å²) in [5.41, 5.74) is 2.60. The number of carbonyl (C=O) groups excluding carboxylic acids is 1. The highest BCUT2D eigenvalue weighted by molar-refractivity contribution is 6.04. The maximum atomic E-state index is 12.3. The van der Waals surface area contributed by atoms with Crippen molar-refractivity contribution in [1.29, 1.82) is 0 Å². The van der Waals surface area contributed by atoms with Gasteiger partial charge in [0.15, 0.2) is 0 Å². The first-order chi connectivity index (χ1) is 11.2. The molecule has 2 atom stereocenters. The Labute approximate surface area is 136 Å². The number of nitrogens with one attached hydrogen (secondary N) is 2. The van der Waals surface area contributed by atoms with Crippen molar-refractivity contribution in [2.24, 2.45) is 5.92 Å². The second-order valence-electron chi connectivity index (χ2n) is 6.08. The molecule has 0 heterocycles. The highest BCUT2D eigenvalue weighted by Gasteiger charge is 2.31. The van der Waals surface area contributed by atoms with E-state index in [4.69, 9.17) is 4.74 Å². The van der Waals surface area contributed by atoms with Gasteiger partial charge < -0.3 is 15.4 Å². The van der Waals surface area contributed by atoms with Crippen molar-refractivity contribution in [2.75, 3.05) is 12.4 Å². The molecular formula is C19H22N2O2. The Morgan fingerprint density at radius 1 is 1.22 bits per heavy atom. The lowest BCUT2D eigenvalue weighted by Crippen LogP contribution is -2.17. The predicted octanol–water partition coefficient (Wildman–Crippen LogP) is 3.45. The molecule has 1 fully saturated rings. The number of anilines is 1. The van der Waals surface area contributed by atoms with Gasteiger partial charge in [-0.25, -0.2) is 0 Å². The topological polar surface area (TPSA) is 50.4 Å². The minimum absolute atomic E-state index is 0.117. The summed E-state index contributed by atoms with van der Waals surface area (Å²) in [5.74, 6) is 1.41. The monoisotopic (exact) mass is 310 g/mol. The molecule has 4 heteroatoms. The average molecular weight is 310 g/mol. The fourth-order valence-corrected chi connectivity index (χ4v) is 2.56. The van der Waals surface area contributed by atoms with Crippen LogP contribution in [0, 0.1) is 5.92 Å². The highest BCUT2D eigenvalue weighted by atomic mass is 16.5. The van der Waals surface area contributed by atoms with E-state index in [2.05, 4.69) is 23.6 Å². The van der Waals surface area contributed by atoms with Gasteiger partial charge in [-0.2, -0.15) is 0 Å². The van der Waals surface area contributed by atoms with Crippen molar-refractivity contribution in [3.63, 3.8) is 0 Å². The Morgan fingerprint density at radius 3 is 2.61 bits per heavy atom. The Bertz CT molecular complexity index is 682. The number of carbonyl (C=O) groups is 1. The molecule has 2 N–H and O–H groups in total. The summed E-state index contributed by atoms with van der Waals surface area (Å²) in [5, 5.41) is 6.46. The minimum Gasteiger partial charge on any atom is -0.497 e. The van der Waals surface area contributed by atoms with E-state index < -0.39 is 0 Å². The molecule has 1 amide bonds. The molecule has 2 unspecified atom stereocenters. The zero-order valence-corrected chi connectivity index (χ0v) is 13.5. The third-order valence-electron chi connectivity index (χ3n) is 4.21. The normalized spacial score (nSPS) is 19.2. The van der Waals surface area contributed by atoms with E-state index in [0.29, 0.717) is 11.6 Å². The van der Waals surface area contributed by atoms with Gasteiger partial charge >= 0.3 is 0 Å². The second kappa shape index (κ2) is 6.84. The van der Waals surface area contributed by atoms with Crippen LogP contribution in [0.3, 0.4) is 0 Å². The molecule has 23 heavy (non-hydrogen) atoms. The number of hydrogen-bond acceptors (Lipinski definition) is 3. The maximum absolute atomic E-state index is 12.3. The van der Waals surface area contributed by atoms with Crippen molar-refractivity contribution in [3.8, 4) is 5.75 Å². The zero-order valence-electron chi connectivity index (χ0n) is 13.5. The Kier molecular flexibility index (Phi) is 4.63. The fraction of sp³-hybridized carbons (Fsp3) is 0.316. The predicted molar refractivity (Wildman–Crippen MR) is 91.8 cm³/mol. The van der Waals surface area contributed by atoms with Crippen molar-refractivity contribution in [3.05, 3.63) is 59.7 Å². The first kappa shape index (κ1) is 15.6. The largest absolute Gasteiger partial charge is 0.497 e. The van der Waals surface area contributed by atoms with Gasteiger partial charge in [-0.15, -0.1) is 0 Å². The first-order valence-corrected chi connectivity index (χ1v) is 7.93. The minimum atomic E-state index is -0.117. The quantitative estimate of drug-likeness (QED) is 0.859. The van der Waals surface area contributed by atoms with E-state index in [-0.39, 0.29) is 5.91 Å². The van der Waals surface area contributed by atoms with E-state index in [1.807, 2.05) is 18.2 Å². The number of benzene rings is 2. The van der Waals surface area contributed by atoms with Crippen LogP contribution in [0.5, 0.6) is 5.75 Å². The lowest BCUT2D eigenvalue weighted by Gasteiger charge is -2.09. The molecule has 2 aromatic rings. The van der Waals surface area contributed by atoms with Crippen molar-refractivity contribution >= 4 is 11.6 Å². The summed E-state index contributed by atoms with van der Waals surface area (Å²) in [4.78, 5) is 12.3. The summed E-state index contributed by atoms with van der Waals surface area (Å²) in [7, 11) is 1.61. The van der Waals surface area contributed by atoms with Gasteiger partial charge in [-0.1, -0.05) is 19.1 Å². The van der Waals surface area contributed by atoms with Crippen LogP contribution in [-0.2, 0) is 6.54 Å². The van der Waals surface area contributed by atoms with Gasteiger partial charge in [0.2, 0.25) is 0 Å². The van der Waals surface area contributed by atoms with Crippen LogP contribution < -0.4 is 15.4 Å². The van der Waals surface area contributed by atoms with Crippen LogP contribution in [0.2, 0.25) is 0 Å². The van der Waals surface area contributed by atoms with Crippen molar-refractivity contribution < 1.29 is 9.53 Å². The van der Waals surface area contributed by atoms with Gasteiger partial charge in [0.05, 0.1) is 7.11 Å². The molecule has 0 aromatic heterocycles. The second-order valence-corrected chi connectivity index (χ2v) is 6.08. The molecular weight excluding hydrogens is 288 g/mol.